The zero-order valence-electron chi connectivity index (χ0n) is 21.2. The van der Waals surface area contributed by atoms with Crippen LogP contribution in [0, 0.1) is 5.41 Å². The van der Waals surface area contributed by atoms with Crippen LogP contribution in [-0.4, -0.2) is 41.1 Å². The maximum absolute atomic E-state index is 13.9. The van der Waals surface area contributed by atoms with E-state index in [2.05, 4.69) is 9.44 Å². The molecular weight excluding hydrogens is 510 g/mol. The van der Waals surface area contributed by atoms with Crippen LogP contribution in [0.25, 0.3) is 0 Å². The van der Waals surface area contributed by atoms with Gasteiger partial charge < -0.3 is 4.90 Å². The van der Waals surface area contributed by atoms with E-state index in [0.717, 1.165) is 56.0 Å². The normalized spacial score (nSPS) is 22.6. The lowest BCUT2D eigenvalue weighted by Crippen LogP contribution is -2.40. The molecule has 2 spiro atoms. The van der Waals surface area contributed by atoms with Crippen LogP contribution in [-0.2, 0) is 25.5 Å². The number of anilines is 2. The van der Waals surface area contributed by atoms with Gasteiger partial charge in [0.1, 0.15) is 0 Å². The third-order valence-corrected chi connectivity index (χ3v) is 11.1. The number of hydrogen-bond donors (Lipinski definition) is 2. The van der Waals surface area contributed by atoms with Gasteiger partial charge in [-0.25, -0.2) is 21.6 Å². The Bertz CT molecular complexity index is 1500. The van der Waals surface area contributed by atoms with E-state index >= 15 is 0 Å². The summed E-state index contributed by atoms with van der Waals surface area (Å²) in [5.41, 5.74) is 2.40. The summed E-state index contributed by atoms with van der Waals surface area (Å²) in [6.07, 6.45) is 9.37. The van der Waals surface area contributed by atoms with Crippen molar-refractivity contribution in [1.82, 2.24) is 4.72 Å². The molecule has 3 fully saturated rings. The van der Waals surface area contributed by atoms with Crippen LogP contribution in [0.15, 0.2) is 47.4 Å². The number of rotatable bonds is 6. The molecule has 2 N–H and O–H groups in total. The molecule has 198 valence electrons. The maximum atomic E-state index is 13.9. The second-order valence-electron chi connectivity index (χ2n) is 12.0. The summed E-state index contributed by atoms with van der Waals surface area (Å²) in [5.74, 6) is -0.247. The van der Waals surface area contributed by atoms with Gasteiger partial charge in [0.15, 0.2) is 0 Å². The molecule has 4 aliphatic rings. The monoisotopic (exact) mass is 543 g/mol. The number of nitrogens with one attached hydrogen (secondary N) is 2. The highest BCUT2D eigenvalue weighted by atomic mass is 32.2. The number of benzene rings is 2. The van der Waals surface area contributed by atoms with E-state index in [1.807, 2.05) is 19.1 Å². The van der Waals surface area contributed by atoms with Crippen molar-refractivity contribution in [2.45, 2.75) is 74.1 Å². The third kappa shape index (κ3) is 4.68. The first-order chi connectivity index (χ1) is 17.3. The number of sulfonamides is 2. The van der Waals surface area contributed by atoms with Gasteiger partial charge in [0.05, 0.1) is 11.2 Å². The molecule has 1 amide bonds. The third-order valence-electron chi connectivity index (χ3n) is 8.86. The fraction of sp³-hybridized carbons (Fsp3) is 0.519. The van der Waals surface area contributed by atoms with Crippen molar-refractivity contribution in [1.29, 1.82) is 0 Å². The fourth-order valence-electron chi connectivity index (χ4n) is 6.12. The Kier molecular flexibility index (Phi) is 5.40. The lowest BCUT2D eigenvalue weighted by Gasteiger charge is -2.38. The van der Waals surface area contributed by atoms with Crippen molar-refractivity contribution < 1.29 is 21.6 Å². The molecule has 2 aromatic rings. The van der Waals surface area contributed by atoms with Crippen LogP contribution in [0.4, 0.5) is 11.4 Å². The van der Waals surface area contributed by atoms with Crippen LogP contribution >= 0.6 is 0 Å². The molecule has 0 radical (unpaired) electrons. The van der Waals surface area contributed by atoms with Crippen LogP contribution < -0.4 is 14.3 Å². The molecule has 1 heterocycles. The van der Waals surface area contributed by atoms with Gasteiger partial charge in [0.2, 0.25) is 20.0 Å². The summed E-state index contributed by atoms with van der Waals surface area (Å²) in [6, 6.07) is 11.6. The van der Waals surface area contributed by atoms with Gasteiger partial charge in [-0.1, -0.05) is 6.07 Å². The van der Waals surface area contributed by atoms with Crippen LogP contribution in [0.2, 0.25) is 0 Å². The molecular formula is C27H33N3O5S2. The van der Waals surface area contributed by atoms with E-state index in [9.17, 15) is 21.6 Å². The molecule has 37 heavy (non-hydrogen) atoms. The van der Waals surface area contributed by atoms with E-state index < -0.39 is 25.6 Å². The van der Waals surface area contributed by atoms with Gasteiger partial charge in [0.25, 0.3) is 5.91 Å². The predicted molar refractivity (Wildman–Crippen MR) is 143 cm³/mol. The molecule has 3 aliphatic carbocycles. The average molecular weight is 544 g/mol. The van der Waals surface area contributed by atoms with Crippen LogP contribution in [0.1, 0.15) is 74.2 Å². The van der Waals surface area contributed by atoms with Gasteiger partial charge in [0, 0.05) is 34.4 Å². The number of amides is 1. The SMILES string of the molecule is CC1(NS(=O)(=O)c2cccc(C(=O)N3CC4(CCC5(CC5)CC4)c4cc(NS(C)(=O)=O)ccc43)c2)CC1. The Morgan fingerprint density at radius 2 is 1.57 bits per heavy atom. The second-order valence-corrected chi connectivity index (χ2v) is 15.4. The highest BCUT2D eigenvalue weighted by molar-refractivity contribution is 7.92. The van der Waals surface area contributed by atoms with Crippen molar-refractivity contribution in [2.24, 2.45) is 5.41 Å². The quantitative estimate of drug-likeness (QED) is 0.569. The molecule has 0 bridgehead atoms. The topological polar surface area (TPSA) is 113 Å². The minimum atomic E-state index is -3.74. The Balaban J connectivity index is 1.34. The molecule has 2 aromatic carbocycles. The first kappa shape index (κ1) is 24.9. The van der Waals surface area contributed by atoms with E-state index in [1.54, 1.807) is 23.1 Å². The number of carbonyl (C=O) groups is 1. The van der Waals surface area contributed by atoms with Crippen molar-refractivity contribution in [3.8, 4) is 0 Å². The Morgan fingerprint density at radius 1 is 0.892 bits per heavy atom. The van der Waals surface area contributed by atoms with Gasteiger partial charge in [-0.3, -0.25) is 9.52 Å². The first-order valence-corrected chi connectivity index (χ1v) is 16.3. The van der Waals surface area contributed by atoms with Gasteiger partial charge in [-0.2, -0.15) is 0 Å². The van der Waals surface area contributed by atoms with Crippen molar-refractivity contribution >= 4 is 37.3 Å². The van der Waals surface area contributed by atoms with Crippen molar-refractivity contribution in [3.63, 3.8) is 0 Å². The standard InChI is InChI=1S/C27H33N3O5S2/c1-25(8-9-25)29-37(34,35)21-5-3-4-19(16-21)24(31)30-18-27(14-12-26(10-11-26)13-15-27)22-17-20(6-7-23(22)30)28-36(2,32)33/h3-7,16-17,28-29H,8-15,18H2,1-2H3. The molecule has 6 rings (SSSR count). The summed E-state index contributed by atoms with van der Waals surface area (Å²) in [5, 5.41) is 0. The summed E-state index contributed by atoms with van der Waals surface area (Å²) < 4.78 is 55.0. The summed E-state index contributed by atoms with van der Waals surface area (Å²) >= 11 is 0. The van der Waals surface area contributed by atoms with E-state index in [0.29, 0.717) is 23.2 Å². The molecule has 0 aromatic heterocycles. The number of carbonyl (C=O) groups excluding carboxylic acids is 1. The van der Waals surface area contributed by atoms with Crippen LogP contribution in [0.5, 0.6) is 0 Å². The first-order valence-electron chi connectivity index (χ1n) is 12.9. The molecule has 8 nitrogen and oxygen atoms in total. The molecule has 1 aliphatic heterocycles. The summed E-state index contributed by atoms with van der Waals surface area (Å²) in [7, 11) is -7.18. The number of fused-ring (bicyclic) bond motifs is 2. The van der Waals surface area contributed by atoms with Crippen molar-refractivity contribution in [3.05, 3.63) is 53.6 Å². The highest BCUT2D eigenvalue weighted by Gasteiger charge is 2.53. The zero-order valence-corrected chi connectivity index (χ0v) is 22.8. The lowest BCUT2D eigenvalue weighted by atomic mass is 9.66. The summed E-state index contributed by atoms with van der Waals surface area (Å²) in [6.45, 7) is 2.38. The number of hydrogen-bond acceptors (Lipinski definition) is 5. The molecule has 10 heteroatoms. The average Bonchev–Trinajstić information content (AvgIpc) is 3.74. The summed E-state index contributed by atoms with van der Waals surface area (Å²) in [4.78, 5) is 15.7. The van der Waals surface area contributed by atoms with Gasteiger partial charge >= 0.3 is 0 Å². The second kappa shape index (κ2) is 8.04. The van der Waals surface area contributed by atoms with Gasteiger partial charge in [-0.05, 0) is 106 Å². The minimum Gasteiger partial charge on any atom is -0.307 e. The Hall–Kier alpha value is -2.43. The number of nitrogens with zero attached hydrogens (tertiary/aromatic N) is 1. The highest BCUT2D eigenvalue weighted by Crippen LogP contribution is 2.62. The Labute approximate surface area is 218 Å². The lowest BCUT2D eigenvalue weighted by molar-refractivity contribution is 0.0980. The minimum absolute atomic E-state index is 0.0849. The Morgan fingerprint density at radius 3 is 2.19 bits per heavy atom. The molecule has 0 saturated heterocycles. The largest absolute Gasteiger partial charge is 0.307 e. The zero-order chi connectivity index (χ0) is 26.3. The van der Waals surface area contributed by atoms with E-state index in [-0.39, 0.29) is 16.2 Å². The predicted octanol–water partition coefficient (Wildman–Crippen LogP) is 4.14. The maximum Gasteiger partial charge on any atom is 0.258 e. The fourth-order valence-corrected chi connectivity index (χ4v) is 8.18. The van der Waals surface area contributed by atoms with Crippen LogP contribution in [0.3, 0.4) is 0 Å². The molecule has 0 atom stereocenters. The van der Waals surface area contributed by atoms with Crippen molar-refractivity contribution in [2.75, 3.05) is 22.4 Å². The smallest absolute Gasteiger partial charge is 0.258 e. The molecule has 3 saturated carbocycles. The molecule has 0 unspecified atom stereocenters. The van der Waals surface area contributed by atoms with E-state index in [1.165, 1.54) is 25.0 Å². The van der Waals surface area contributed by atoms with Gasteiger partial charge in [-0.15, -0.1) is 0 Å². The van der Waals surface area contributed by atoms with E-state index in [4.69, 9.17) is 0 Å².